The first kappa shape index (κ1) is 31.8. The Kier molecular flexibility index (Phi) is 18.5. The van der Waals surface area contributed by atoms with Gasteiger partial charge in [0.15, 0.2) is 5.88 Å². The normalized spacial score (nSPS) is 11.3. The van der Waals surface area contributed by atoms with E-state index in [0.717, 1.165) is 12.8 Å². The molecular formula is C29H47ClN2O4. The van der Waals surface area contributed by atoms with Crippen LogP contribution < -0.4 is 10.6 Å². The highest BCUT2D eigenvalue weighted by Crippen LogP contribution is 2.27. The summed E-state index contributed by atoms with van der Waals surface area (Å²) in [6.07, 6.45) is 21.2. The SMILES string of the molecule is CCCCCCCCCCCCCCCCCC(=O)Nc1ccc(Cl)c(NC(=CC(=O)OC)OC)c1. The zero-order chi connectivity index (χ0) is 26.4. The molecule has 6 nitrogen and oxygen atoms in total. The third-order valence-corrected chi connectivity index (χ3v) is 6.52. The number of anilines is 2. The second-order valence-electron chi connectivity index (χ2n) is 9.30. The number of methoxy groups -OCH3 is 2. The molecule has 0 saturated carbocycles. The first-order chi connectivity index (χ1) is 17.5. The van der Waals surface area contributed by atoms with Crippen molar-refractivity contribution in [2.75, 3.05) is 24.9 Å². The highest BCUT2D eigenvalue weighted by molar-refractivity contribution is 6.33. The number of nitrogens with one attached hydrogen (secondary N) is 2. The number of benzene rings is 1. The predicted octanol–water partition coefficient (Wildman–Crippen LogP) is 8.61. The van der Waals surface area contributed by atoms with Gasteiger partial charge in [-0.1, -0.05) is 108 Å². The van der Waals surface area contributed by atoms with Crippen molar-refractivity contribution in [3.8, 4) is 0 Å². The van der Waals surface area contributed by atoms with Gasteiger partial charge in [0.05, 0.1) is 31.0 Å². The van der Waals surface area contributed by atoms with Crippen molar-refractivity contribution in [1.82, 2.24) is 0 Å². The van der Waals surface area contributed by atoms with E-state index in [2.05, 4.69) is 22.3 Å². The Morgan fingerprint density at radius 1 is 0.778 bits per heavy atom. The Bertz CT molecular complexity index is 783. The molecule has 0 aliphatic carbocycles. The van der Waals surface area contributed by atoms with Gasteiger partial charge in [-0.15, -0.1) is 0 Å². The number of hydrogen-bond acceptors (Lipinski definition) is 5. The maximum absolute atomic E-state index is 12.3. The molecule has 0 saturated heterocycles. The van der Waals surface area contributed by atoms with Crippen molar-refractivity contribution >= 4 is 34.9 Å². The van der Waals surface area contributed by atoms with Gasteiger partial charge in [-0.25, -0.2) is 4.79 Å². The topological polar surface area (TPSA) is 76.7 Å². The lowest BCUT2D eigenvalue weighted by Crippen LogP contribution is -2.12. The molecule has 0 unspecified atom stereocenters. The third kappa shape index (κ3) is 15.7. The molecule has 0 aliphatic rings. The highest BCUT2D eigenvalue weighted by Gasteiger charge is 2.09. The van der Waals surface area contributed by atoms with Gasteiger partial charge in [0.25, 0.3) is 0 Å². The minimum atomic E-state index is -0.552. The molecule has 0 radical (unpaired) electrons. The van der Waals surface area contributed by atoms with Crippen LogP contribution >= 0.6 is 11.6 Å². The zero-order valence-electron chi connectivity index (χ0n) is 22.6. The summed E-state index contributed by atoms with van der Waals surface area (Å²) >= 11 is 6.24. The smallest absolute Gasteiger partial charge is 0.335 e. The average molecular weight is 523 g/mol. The van der Waals surface area contributed by atoms with Gasteiger partial charge in [-0.05, 0) is 24.6 Å². The number of carbonyl (C=O) groups is 2. The molecule has 1 amide bonds. The molecule has 0 fully saturated rings. The number of unbranched alkanes of at least 4 members (excludes halogenated alkanes) is 14. The maximum Gasteiger partial charge on any atom is 0.335 e. The molecule has 0 aliphatic heterocycles. The number of carbonyl (C=O) groups excluding carboxylic acids is 2. The fraction of sp³-hybridized carbons (Fsp3) is 0.655. The molecule has 0 heterocycles. The summed E-state index contributed by atoms with van der Waals surface area (Å²) in [5.74, 6) is -0.386. The number of hydrogen-bond donors (Lipinski definition) is 2. The van der Waals surface area contributed by atoms with Gasteiger partial charge in [0, 0.05) is 12.1 Å². The van der Waals surface area contributed by atoms with Gasteiger partial charge in [-0.3, -0.25) is 4.79 Å². The largest absolute Gasteiger partial charge is 0.482 e. The second kappa shape index (κ2) is 20.9. The van der Waals surface area contributed by atoms with E-state index in [1.807, 2.05) is 0 Å². The standard InChI is InChI=1S/C29H47ClN2O4/c1-4-5-6-7-8-9-10-11-12-13-14-15-16-17-18-19-27(33)31-24-20-21-25(30)26(22-24)32-28(35-2)23-29(34)36-3/h20-23,32H,4-19H2,1-3H3,(H,31,33). The van der Waals surface area contributed by atoms with Crippen LogP contribution in [0.3, 0.4) is 0 Å². The minimum Gasteiger partial charge on any atom is -0.482 e. The van der Waals surface area contributed by atoms with E-state index in [9.17, 15) is 9.59 Å². The number of amides is 1. The van der Waals surface area contributed by atoms with Crippen LogP contribution in [0.15, 0.2) is 30.2 Å². The van der Waals surface area contributed by atoms with Gasteiger partial charge < -0.3 is 20.1 Å². The van der Waals surface area contributed by atoms with Crippen LogP contribution in [0.5, 0.6) is 0 Å². The van der Waals surface area contributed by atoms with Crippen LogP contribution in [0.2, 0.25) is 5.02 Å². The van der Waals surface area contributed by atoms with Gasteiger partial charge in [0.2, 0.25) is 5.91 Å². The van der Waals surface area contributed by atoms with Gasteiger partial charge in [0.1, 0.15) is 0 Å². The van der Waals surface area contributed by atoms with E-state index >= 15 is 0 Å². The van der Waals surface area contributed by atoms with E-state index in [0.29, 0.717) is 22.8 Å². The molecule has 1 rings (SSSR count). The van der Waals surface area contributed by atoms with Crippen molar-refractivity contribution in [2.24, 2.45) is 0 Å². The third-order valence-electron chi connectivity index (χ3n) is 6.19. The molecule has 0 aromatic heterocycles. The van der Waals surface area contributed by atoms with Crippen molar-refractivity contribution < 1.29 is 19.1 Å². The Hall–Kier alpha value is -2.21. The van der Waals surface area contributed by atoms with Crippen molar-refractivity contribution in [3.63, 3.8) is 0 Å². The fourth-order valence-electron chi connectivity index (χ4n) is 4.02. The van der Waals surface area contributed by atoms with E-state index in [4.69, 9.17) is 16.3 Å². The lowest BCUT2D eigenvalue weighted by atomic mass is 10.0. The lowest BCUT2D eigenvalue weighted by molar-refractivity contribution is -0.135. The lowest BCUT2D eigenvalue weighted by Gasteiger charge is -2.13. The van der Waals surface area contributed by atoms with Gasteiger partial charge >= 0.3 is 5.97 Å². The van der Waals surface area contributed by atoms with Gasteiger partial charge in [-0.2, -0.15) is 0 Å². The van der Waals surface area contributed by atoms with E-state index < -0.39 is 5.97 Å². The van der Waals surface area contributed by atoms with E-state index in [1.165, 1.54) is 104 Å². The Morgan fingerprint density at radius 3 is 1.81 bits per heavy atom. The molecule has 0 atom stereocenters. The summed E-state index contributed by atoms with van der Waals surface area (Å²) in [7, 11) is 2.71. The van der Waals surface area contributed by atoms with Crippen molar-refractivity contribution in [3.05, 3.63) is 35.2 Å². The summed E-state index contributed by atoms with van der Waals surface area (Å²) in [5, 5.41) is 6.28. The molecule has 36 heavy (non-hydrogen) atoms. The molecule has 7 heteroatoms. The molecule has 2 N–H and O–H groups in total. The Labute approximate surface area is 223 Å². The molecule has 0 bridgehead atoms. The van der Waals surface area contributed by atoms with Crippen LogP contribution in [0.25, 0.3) is 0 Å². The van der Waals surface area contributed by atoms with Crippen LogP contribution in [0.4, 0.5) is 11.4 Å². The molecule has 204 valence electrons. The average Bonchev–Trinajstić information content (AvgIpc) is 2.87. The number of halogens is 1. The molecule has 1 aromatic rings. The number of esters is 1. The predicted molar refractivity (Wildman–Crippen MR) is 150 cm³/mol. The monoisotopic (exact) mass is 522 g/mol. The minimum absolute atomic E-state index is 0.0185. The number of rotatable bonds is 21. The van der Waals surface area contributed by atoms with Crippen LogP contribution in [-0.2, 0) is 19.1 Å². The van der Waals surface area contributed by atoms with Crippen LogP contribution in [0, 0.1) is 0 Å². The summed E-state index contributed by atoms with van der Waals surface area (Å²) < 4.78 is 9.75. The summed E-state index contributed by atoms with van der Waals surface area (Å²) in [6, 6.07) is 5.13. The maximum atomic E-state index is 12.3. The summed E-state index contributed by atoms with van der Waals surface area (Å²) in [6.45, 7) is 2.27. The molecular weight excluding hydrogens is 476 g/mol. The fourth-order valence-corrected chi connectivity index (χ4v) is 4.19. The number of ether oxygens (including phenoxy) is 2. The summed E-state index contributed by atoms with van der Waals surface area (Å²) in [4.78, 5) is 23.8. The second-order valence-corrected chi connectivity index (χ2v) is 9.71. The molecule has 1 aromatic carbocycles. The van der Waals surface area contributed by atoms with E-state index in [-0.39, 0.29) is 11.8 Å². The van der Waals surface area contributed by atoms with E-state index in [1.54, 1.807) is 18.2 Å². The Balaban J connectivity index is 2.16. The van der Waals surface area contributed by atoms with Crippen molar-refractivity contribution in [2.45, 2.75) is 110 Å². The van der Waals surface area contributed by atoms with Crippen molar-refractivity contribution in [1.29, 1.82) is 0 Å². The van der Waals surface area contributed by atoms with Crippen LogP contribution in [0.1, 0.15) is 110 Å². The first-order valence-corrected chi connectivity index (χ1v) is 14.1. The quantitative estimate of drug-likeness (QED) is 0.0731. The molecule has 0 spiro atoms. The summed E-state index contributed by atoms with van der Waals surface area (Å²) in [5.41, 5.74) is 1.14. The Morgan fingerprint density at radius 2 is 1.31 bits per heavy atom. The highest BCUT2D eigenvalue weighted by atomic mass is 35.5. The van der Waals surface area contributed by atoms with Crippen LogP contribution in [-0.4, -0.2) is 26.1 Å². The first-order valence-electron chi connectivity index (χ1n) is 13.7. The zero-order valence-corrected chi connectivity index (χ0v) is 23.4.